The summed E-state index contributed by atoms with van der Waals surface area (Å²) < 4.78 is 0. The predicted octanol–water partition coefficient (Wildman–Crippen LogP) is 2.90. The van der Waals surface area contributed by atoms with E-state index in [0.717, 1.165) is 22.2 Å². The van der Waals surface area contributed by atoms with Crippen LogP contribution in [0.3, 0.4) is 0 Å². The summed E-state index contributed by atoms with van der Waals surface area (Å²) in [6, 6.07) is 9.74. The molecule has 4 aromatic rings. The summed E-state index contributed by atoms with van der Waals surface area (Å²) >= 11 is 1.20. The number of carbonyl (C=O) groups is 1. The highest BCUT2D eigenvalue weighted by Gasteiger charge is 2.18. The second kappa shape index (κ2) is 5.24. The lowest BCUT2D eigenvalue weighted by Crippen LogP contribution is -2.10. The van der Waals surface area contributed by atoms with Crippen molar-refractivity contribution >= 4 is 44.1 Å². The summed E-state index contributed by atoms with van der Waals surface area (Å²) in [4.78, 5) is 25.9. The quantitative estimate of drug-likeness (QED) is 0.585. The van der Waals surface area contributed by atoms with Crippen LogP contribution in [-0.2, 0) is 0 Å². The Kier molecular flexibility index (Phi) is 3.17. The van der Waals surface area contributed by atoms with Crippen molar-refractivity contribution in [2.24, 2.45) is 5.73 Å². The molecule has 0 saturated heterocycles. The Bertz CT molecular complexity index is 1120. The van der Waals surface area contributed by atoms with Gasteiger partial charge in [-0.2, -0.15) is 0 Å². The highest BCUT2D eigenvalue weighted by molar-refractivity contribution is 7.21. The molecular weight excluding hydrogens is 322 g/mol. The van der Waals surface area contributed by atoms with Gasteiger partial charge in [0.15, 0.2) is 5.82 Å². The van der Waals surface area contributed by atoms with E-state index in [-0.39, 0.29) is 0 Å². The monoisotopic (exact) mass is 335 g/mol. The minimum Gasteiger partial charge on any atom is -0.397 e. The molecule has 3 aromatic heterocycles. The number of hydrogen-bond donors (Lipinski definition) is 2. The molecule has 0 spiro atoms. The van der Waals surface area contributed by atoms with E-state index in [9.17, 15) is 4.79 Å². The summed E-state index contributed by atoms with van der Waals surface area (Å²) in [6.45, 7) is 1.85. The van der Waals surface area contributed by atoms with Crippen molar-refractivity contribution in [3.8, 4) is 11.4 Å². The zero-order valence-corrected chi connectivity index (χ0v) is 13.6. The van der Waals surface area contributed by atoms with Gasteiger partial charge in [-0.15, -0.1) is 11.3 Å². The average Bonchev–Trinajstić information content (AvgIpc) is 2.92. The number of pyridine rings is 1. The fraction of sp³-hybridized carbons (Fsp3) is 0.0588. The van der Waals surface area contributed by atoms with E-state index in [1.165, 1.54) is 11.3 Å². The molecule has 1 amide bonds. The van der Waals surface area contributed by atoms with Crippen molar-refractivity contribution < 1.29 is 4.79 Å². The zero-order valence-electron chi connectivity index (χ0n) is 12.8. The van der Waals surface area contributed by atoms with Gasteiger partial charge in [0.05, 0.1) is 22.3 Å². The van der Waals surface area contributed by atoms with Crippen LogP contribution < -0.4 is 11.5 Å². The highest BCUT2D eigenvalue weighted by Crippen LogP contribution is 2.35. The number of hydrogen-bond acceptors (Lipinski definition) is 6. The zero-order chi connectivity index (χ0) is 16.8. The van der Waals surface area contributed by atoms with Gasteiger partial charge < -0.3 is 11.5 Å². The second-order valence-corrected chi connectivity index (χ2v) is 6.43. The molecule has 0 bridgehead atoms. The molecule has 118 valence electrons. The molecule has 24 heavy (non-hydrogen) atoms. The molecule has 4 N–H and O–H groups in total. The van der Waals surface area contributed by atoms with E-state index in [4.69, 9.17) is 11.5 Å². The topological polar surface area (TPSA) is 108 Å². The van der Waals surface area contributed by atoms with Crippen LogP contribution in [0.5, 0.6) is 0 Å². The number of aromatic nitrogens is 3. The minimum absolute atomic E-state index is 0.322. The van der Waals surface area contributed by atoms with Crippen LogP contribution in [0.2, 0.25) is 0 Å². The summed E-state index contributed by atoms with van der Waals surface area (Å²) in [7, 11) is 0. The maximum Gasteiger partial charge on any atom is 0.260 e. The number of nitrogens with two attached hydrogens (primary N) is 2. The van der Waals surface area contributed by atoms with Crippen LogP contribution in [0.1, 0.15) is 15.4 Å². The van der Waals surface area contributed by atoms with Crippen LogP contribution in [0.4, 0.5) is 5.69 Å². The van der Waals surface area contributed by atoms with Gasteiger partial charge in [0.2, 0.25) is 0 Å². The van der Waals surface area contributed by atoms with Gasteiger partial charge in [-0.25, -0.2) is 9.97 Å². The number of nitrogens with zero attached hydrogens (tertiary/aromatic N) is 3. The summed E-state index contributed by atoms with van der Waals surface area (Å²) in [5.41, 5.74) is 14.3. The van der Waals surface area contributed by atoms with Gasteiger partial charge in [-0.3, -0.25) is 9.78 Å². The Labute approximate surface area is 141 Å². The normalized spacial score (nSPS) is 11.2. The van der Waals surface area contributed by atoms with Gasteiger partial charge >= 0.3 is 0 Å². The van der Waals surface area contributed by atoms with Crippen LogP contribution in [0, 0.1) is 6.92 Å². The Morgan fingerprint density at radius 3 is 2.83 bits per heavy atom. The number of thiophene rings is 1. The lowest BCUT2D eigenvalue weighted by Gasteiger charge is -2.05. The lowest BCUT2D eigenvalue weighted by atomic mass is 10.1. The molecule has 7 heteroatoms. The smallest absolute Gasteiger partial charge is 0.260 e. The van der Waals surface area contributed by atoms with E-state index in [1.54, 1.807) is 6.20 Å². The number of nitrogen functional groups attached to an aromatic ring is 1. The molecule has 0 aliphatic heterocycles. The minimum atomic E-state index is -0.548. The maximum atomic E-state index is 11.5. The molecule has 4 rings (SSSR count). The standard InChI is InChI=1S/C17H13N5OS/c1-8-12-13(18)14(15(19)23)24-17(12)22-16(21-8)10-4-5-11-9(7-10)3-2-6-20-11/h2-7H,18H2,1H3,(H2,19,23). The van der Waals surface area contributed by atoms with E-state index >= 15 is 0 Å². The first-order chi connectivity index (χ1) is 11.5. The van der Waals surface area contributed by atoms with E-state index < -0.39 is 5.91 Å². The maximum absolute atomic E-state index is 11.5. The number of carbonyl (C=O) groups excluding carboxylic acids is 1. The molecule has 0 aliphatic carbocycles. The molecule has 1 aromatic carbocycles. The fourth-order valence-electron chi connectivity index (χ4n) is 2.72. The average molecular weight is 335 g/mol. The number of aryl methyl sites for hydroxylation is 1. The number of primary amides is 1. The number of anilines is 1. The predicted molar refractivity (Wildman–Crippen MR) is 95.8 cm³/mol. The number of benzene rings is 1. The van der Waals surface area contributed by atoms with Crippen molar-refractivity contribution in [3.63, 3.8) is 0 Å². The van der Waals surface area contributed by atoms with Crippen molar-refractivity contribution in [1.82, 2.24) is 15.0 Å². The largest absolute Gasteiger partial charge is 0.397 e. The summed E-state index contributed by atoms with van der Waals surface area (Å²) in [6.07, 6.45) is 1.76. The molecule has 0 aliphatic rings. The van der Waals surface area contributed by atoms with Crippen molar-refractivity contribution in [2.75, 3.05) is 5.73 Å². The van der Waals surface area contributed by atoms with Crippen LogP contribution >= 0.6 is 11.3 Å². The van der Waals surface area contributed by atoms with Gasteiger partial charge in [0.25, 0.3) is 5.91 Å². The van der Waals surface area contributed by atoms with Gasteiger partial charge in [0, 0.05) is 17.1 Å². The van der Waals surface area contributed by atoms with E-state index in [2.05, 4.69) is 15.0 Å². The van der Waals surface area contributed by atoms with E-state index in [1.807, 2.05) is 37.3 Å². The summed E-state index contributed by atoms with van der Waals surface area (Å²) in [5, 5.41) is 1.71. The Hall–Kier alpha value is -3.06. The summed E-state index contributed by atoms with van der Waals surface area (Å²) in [5.74, 6) is 0.0382. The van der Waals surface area contributed by atoms with Gasteiger partial charge in [0.1, 0.15) is 9.71 Å². The van der Waals surface area contributed by atoms with Crippen LogP contribution in [0.15, 0.2) is 36.5 Å². The third-order valence-corrected chi connectivity index (χ3v) is 4.97. The molecule has 0 atom stereocenters. The van der Waals surface area contributed by atoms with Crippen molar-refractivity contribution in [1.29, 1.82) is 0 Å². The number of fused-ring (bicyclic) bond motifs is 2. The lowest BCUT2D eigenvalue weighted by molar-refractivity contribution is 0.100. The molecular formula is C17H13N5OS. The van der Waals surface area contributed by atoms with Gasteiger partial charge in [-0.1, -0.05) is 6.07 Å². The molecule has 0 unspecified atom stereocenters. The Balaban J connectivity index is 1.94. The first kappa shape index (κ1) is 14.5. The van der Waals surface area contributed by atoms with Crippen LogP contribution in [-0.4, -0.2) is 20.9 Å². The SMILES string of the molecule is Cc1nc(-c2ccc3ncccc3c2)nc2sc(C(N)=O)c(N)c12. The fourth-order valence-corrected chi connectivity index (χ4v) is 3.72. The Morgan fingerprint density at radius 1 is 1.21 bits per heavy atom. The third-order valence-electron chi connectivity index (χ3n) is 3.85. The first-order valence-corrected chi connectivity index (χ1v) is 8.08. The third kappa shape index (κ3) is 2.17. The number of rotatable bonds is 2. The molecule has 0 fully saturated rings. The first-order valence-electron chi connectivity index (χ1n) is 7.26. The van der Waals surface area contributed by atoms with Gasteiger partial charge in [-0.05, 0) is 31.2 Å². The highest BCUT2D eigenvalue weighted by atomic mass is 32.1. The van der Waals surface area contributed by atoms with Crippen LogP contribution in [0.25, 0.3) is 32.5 Å². The molecule has 0 radical (unpaired) electrons. The van der Waals surface area contributed by atoms with Crippen molar-refractivity contribution in [2.45, 2.75) is 6.92 Å². The molecule has 6 nitrogen and oxygen atoms in total. The molecule has 0 saturated carbocycles. The number of amides is 1. The second-order valence-electron chi connectivity index (χ2n) is 5.43. The van der Waals surface area contributed by atoms with Crippen molar-refractivity contribution in [3.05, 3.63) is 47.1 Å². The van der Waals surface area contributed by atoms with E-state index in [0.29, 0.717) is 26.6 Å². The Morgan fingerprint density at radius 2 is 2.04 bits per heavy atom. The molecule has 3 heterocycles.